The molecule has 138 valence electrons. The summed E-state index contributed by atoms with van der Waals surface area (Å²) in [6, 6.07) is 7.91. The summed E-state index contributed by atoms with van der Waals surface area (Å²) >= 11 is 5.46. The predicted octanol–water partition coefficient (Wildman–Crippen LogP) is 2.49. The average Bonchev–Trinajstić information content (AvgIpc) is 2.62. The molecule has 0 spiro atoms. The Morgan fingerprint density at radius 3 is 2.72 bits per heavy atom. The van der Waals surface area contributed by atoms with Crippen LogP contribution >= 0.6 is 12.2 Å². The predicted molar refractivity (Wildman–Crippen MR) is 105 cm³/mol. The largest absolute Gasteiger partial charge is 0.382 e. The van der Waals surface area contributed by atoms with Gasteiger partial charge in [-0.25, -0.2) is 0 Å². The second-order valence-corrected chi connectivity index (χ2v) is 6.72. The summed E-state index contributed by atoms with van der Waals surface area (Å²) in [6.45, 7) is 8.06. The Balaban J connectivity index is 1.70. The fourth-order valence-corrected chi connectivity index (χ4v) is 3.23. The molecule has 1 aromatic rings. The minimum Gasteiger partial charge on any atom is -0.382 e. The van der Waals surface area contributed by atoms with Crippen LogP contribution in [0.1, 0.15) is 42.1 Å². The molecule has 0 atom stereocenters. The third-order valence-electron chi connectivity index (χ3n) is 4.45. The average molecular weight is 364 g/mol. The van der Waals surface area contributed by atoms with Crippen molar-refractivity contribution in [1.82, 2.24) is 15.5 Å². The van der Waals surface area contributed by atoms with Crippen molar-refractivity contribution in [2.24, 2.45) is 0 Å². The zero-order valence-corrected chi connectivity index (χ0v) is 16.0. The number of nitrogens with one attached hydrogen (secondary N) is 2. The van der Waals surface area contributed by atoms with Gasteiger partial charge in [-0.3, -0.25) is 4.79 Å². The first kappa shape index (κ1) is 19.7. The smallest absolute Gasteiger partial charge is 0.251 e. The number of aryl methyl sites for hydroxylation is 1. The first-order valence-electron chi connectivity index (χ1n) is 9.08. The molecule has 25 heavy (non-hydrogen) atoms. The molecule has 0 unspecified atom stereocenters. The SMILES string of the molecule is CCOCCCNC(=S)N1CCC(NC(=O)c2ccccc2C)CC1. The normalized spacial score (nSPS) is 15.0. The Bertz CT molecular complexity index is 572. The summed E-state index contributed by atoms with van der Waals surface area (Å²) in [6.07, 6.45) is 2.79. The Hall–Kier alpha value is -1.66. The molecule has 1 amide bonds. The van der Waals surface area contributed by atoms with Gasteiger partial charge in [0.1, 0.15) is 0 Å². The lowest BCUT2D eigenvalue weighted by Crippen LogP contribution is -2.49. The van der Waals surface area contributed by atoms with E-state index < -0.39 is 0 Å². The van der Waals surface area contributed by atoms with Gasteiger partial charge >= 0.3 is 0 Å². The Kier molecular flexibility index (Phi) is 8.15. The van der Waals surface area contributed by atoms with Crippen LogP contribution in [0.3, 0.4) is 0 Å². The van der Waals surface area contributed by atoms with Crippen LogP contribution in [0.5, 0.6) is 0 Å². The van der Waals surface area contributed by atoms with Crippen molar-refractivity contribution < 1.29 is 9.53 Å². The monoisotopic (exact) mass is 363 g/mol. The summed E-state index contributed by atoms with van der Waals surface area (Å²) in [5.74, 6) is 0.0215. The molecular weight excluding hydrogens is 334 g/mol. The van der Waals surface area contributed by atoms with Crippen LogP contribution in [-0.2, 0) is 4.74 Å². The quantitative estimate of drug-likeness (QED) is 0.576. The molecule has 2 rings (SSSR count). The van der Waals surface area contributed by atoms with Gasteiger partial charge in [0.25, 0.3) is 5.91 Å². The van der Waals surface area contributed by atoms with Crippen LogP contribution in [0.15, 0.2) is 24.3 Å². The third kappa shape index (κ3) is 6.29. The molecule has 6 heteroatoms. The standard InChI is InChI=1S/C19H29N3O2S/c1-3-24-14-6-11-20-19(25)22-12-9-16(10-13-22)21-18(23)17-8-5-4-7-15(17)2/h4-5,7-8,16H,3,6,9-14H2,1-2H3,(H,20,25)(H,21,23). The van der Waals surface area contributed by atoms with Crippen LogP contribution in [0, 0.1) is 6.92 Å². The molecule has 1 heterocycles. The lowest BCUT2D eigenvalue weighted by atomic mass is 10.0. The number of thiocarbonyl (C=S) groups is 1. The number of carbonyl (C=O) groups excluding carboxylic acids is 1. The first-order valence-corrected chi connectivity index (χ1v) is 9.49. The summed E-state index contributed by atoms with van der Waals surface area (Å²) in [4.78, 5) is 14.6. The van der Waals surface area contributed by atoms with E-state index >= 15 is 0 Å². The highest BCUT2D eigenvalue weighted by Gasteiger charge is 2.22. The number of amides is 1. The Morgan fingerprint density at radius 2 is 2.04 bits per heavy atom. The lowest BCUT2D eigenvalue weighted by Gasteiger charge is -2.34. The summed E-state index contributed by atoms with van der Waals surface area (Å²) in [5, 5.41) is 7.25. The molecule has 2 N–H and O–H groups in total. The van der Waals surface area contributed by atoms with E-state index in [1.54, 1.807) is 0 Å². The minimum absolute atomic E-state index is 0.0215. The van der Waals surface area contributed by atoms with Gasteiger partial charge in [0, 0.05) is 44.5 Å². The number of nitrogens with zero attached hydrogens (tertiary/aromatic N) is 1. The molecule has 1 aliphatic heterocycles. The van der Waals surface area contributed by atoms with Crippen molar-refractivity contribution >= 4 is 23.2 Å². The van der Waals surface area contributed by atoms with Crippen molar-refractivity contribution in [2.75, 3.05) is 32.8 Å². The molecule has 0 radical (unpaired) electrons. The maximum Gasteiger partial charge on any atom is 0.251 e. The second-order valence-electron chi connectivity index (χ2n) is 6.33. The lowest BCUT2D eigenvalue weighted by molar-refractivity contribution is 0.0921. The zero-order chi connectivity index (χ0) is 18.1. The number of benzene rings is 1. The second kappa shape index (κ2) is 10.4. The number of likely N-dealkylation sites (tertiary alicyclic amines) is 1. The highest BCUT2D eigenvalue weighted by Crippen LogP contribution is 2.13. The van der Waals surface area contributed by atoms with E-state index in [1.165, 1.54) is 0 Å². The van der Waals surface area contributed by atoms with Crippen molar-refractivity contribution in [3.8, 4) is 0 Å². The van der Waals surface area contributed by atoms with E-state index in [4.69, 9.17) is 17.0 Å². The van der Waals surface area contributed by atoms with Crippen molar-refractivity contribution in [2.45, 2.75) is 39.2 Å². The number of ether oxygens (including phenoxy) is 1. The molecular formula is C19H29N3O2S. The minimum atomic E-state index is 0.0215. The molecule has 5 nitrogen and oxygen atoms in total. The number of rotatable bonds is 7. The van der Waals surface area contributed by atoms with E-state index in [-0.39, 0.29) is 11.9 Å². The van der Waals surface area contributed by atoms with Crippen molar-refractivity contribution in [3.63, 3.8) is 0 Å². The Morgan fingerprint density at radius 1 is 1.32 bits per heavy atom. The maximum atomic E-state index is 12.4. The molecule has 1 saturated heterocycles. The van der Waals surface area contributed by atoms with E-state index in [0.717, 1.165) is 68.3 Å². The van der Waals surface area contributed by atoms with Gasteiger partial charge < -0.3 is 20.3 Å². The van der Waals surface area contributed by atoms with Gasteiger partial charge in [-0.1, -0.05) is 18.2 Å². The molecule has 0 bridgehead atoms. The van der Waals surface area contributed by atoms with Crippen LogP contribution in [0.2, 0.25) is 0 Å². The molecule has 1 aromatic carbocycles. The highest BCUT2D eigenvalue weighted by atomic mass is 32.1. The molecule has 0 aromatic heterocycles. The topological polar surface area (TPSA) is 53.6 Å². The van der Waals surface area contributed by atoms with Crippen molar-refractivity contribution in [3.05, 3.63) is 35.4 Å². The van der Waals surface area contributed by atoms with Crippen LogP contribution < -0.4 is 10.6 Å². The van der Waals surface area contributed by atoms with Gasteiger partial charge in [0.15, 0.2) is 5.11 Å². The van der Waals surface area contributed by atoms with E-state index in [2.05, 4.69) is 15.5 Å². The van der Waals surface area contributed by atoms with Gasteiger partial charge in [-0.05, 0) is 57.0 Å². The van der Waals surface area contributed by atoms with Crippen molar-refractivity contribution in [1.29, 1.82) is 0 Å². The molecule has 0 saturated carbocycles. The fraction of sp³-hybridized carbons (Fsp3) is 0.579. The van der Waals surface area contributed by atoms with Gasteiger partial charge in [-0.2, -0.15) is 0 Å². The Labute approximate surface area is 156 Å². The van der Waals surface area contributed by atoms with Gasteiger partial charge in [-0.15, -0.1) is 0 Å². The first-order chi connectivity index (χ1) is 12.1. The molecule has 1 aliphatic rings. The number of carbonyl (C=O) groups is 1. The summed E-state index contributed by atoms with van der Waals surface area (Å²) in [7, 11) is 0. The van der Waals surface area contributed by atoms with E-state index in [0.29, 0.717) is 0 Å². The highest BCUT2D eigenvalue weighted by molar-refractivity contribution is 7.80. The maximum absolute atomic E-state index is 12.4. The van der Waals surface area contributed by atoms with Crippen LogP contribution in [0.25, 0.3) is 0 Å². The van der Waals surface area contributed by atoms with E-state index in [9.17, 15) is 4.79 Å². The van der Waals surface area contributed by atoms with Gasteiger partial charge in [0.05, 0.1) is 0 Å². The molecule has 0 aliphatic carbocycles. The number of piperidine rings is 1. The summed E-state index contributed by atoms with van der Waals surface area (Å²) in [5.41, 5.74) is 1.77. The van der Waals surface area contributed by atoms with E-state index in [1.807, 2.05) is 38.1 Å². The number of hydrogen-bond donors (Lipinski definition) is 2. The van der Waals surface area contributed by atoms with Gasteiger partial charge in [0.2, 0.25) is 0 Å². The third-order valence-corrected chi connectivity index (χ3v) is 4.86. The van der Waals surface area contributed by atoms with Crippen LogP contribution in [-0.4, -0.2) is 54.8 Å². The molecule has 1 fully saturated rings. The summed E-state index contributed by atoms with van der Waals surface area (Å²) < 4.78 is 5.32. The fourth-order valence-electron chi connectivity index (χ4n) is 2.94. The number of hydrogen-bond acceptors (Lipinski definition) is 3. The van der Waals surface area contributed by atoms with Crippen LogP contribution in [0.4, 0.5) is 0 Å². The zero-order valence-electron chi connectivity index (χ0n) is 15.2.